The summed E-state index contributed by atoms with van der Waals surface area (Å²) in [5.41, 5.74) is 1.58. The highest BCUT2D eigenvalue weighted by molar-refractivity contribution is 7.90. The zero-order valence-corrected chi connectivity index (χ0v) is 10.6. The van der Waals surface area contributed by atoms with Gasteiger partial charge in [-0.2, -0.15) is 13.1 Å². The van der Waals surface area contributed by atoms with Crippen LogP contribution in [0.3, 0.4) is 0 Å². The number of nitrogens with zero attached hydrogens (tertiary/aromatic N) is 1. The average Bonchev–Trinajstić information content (AvgIpc) is 2.51. The van der Waals surface area contributed by atoms with E-state index >= 15 is 0 Å². The number of hydrogen-bond acceptors (Lipinski definition) is 3. The molecule has 0 radical (unpaired) electrons. The van der Waals surface area contributed by atoms with Crippen molar-refractivity contribution in [2.75, 3.05) is 29.3 Å². The van der Waals surface area contributed by atoms with Gasteiger partial charge in [-0.1, -0.05) is 19.1 Å². The fraction of sp³-hybridized carbons (Fsp3) is 0.455. The third-order valence-corrected chi connectivity index (χ3v) is 4.26. The van der Waals surface area contributed by atoms with Gasteiger partial charge in [0.1, 0.15) is 0 Å². The lowest BCUT2D eigenvalue weighted by molar-refractivity contribution is 0.578. The van der Waals surface area contributed by atoms with Gasteiger partial charge in [0.25, 0.3) is 0 Å². The number of nitrogens with one attached hydrogen (secondary N) is 2. The minimum atomic E-state index is -3.43. The highest BCUT2D eigenvalue weighted by Gasteiger charge is 2.24. The van der Waals surface area contributed by atoms with E-state index in [-0.39, 0.29) is 0 Å². The Hall–Kier alpha value is -1.27. The van der Waals surface area contributed by atoms with E-state index in [0.29, 0.717) is 18.8 Å². The van der Waals surface area contributed by atoms with E-state index in [1.165, 1.54) is 4.31 Å². The summed E-state index contributed by atoms with van der Waals surface area (Å²) in [6.07, 6.45) is 0.791. The van der Waals surface area contributed by atoms with E-state index in [1.807, 2.05) is 24.3 Å². The van der Waals surface area contributed by atoms with Crippen molar-refractivity contribution < 1.29 is 8.42 Å². The summed E-state index contributed by atoms with van der Waals surface area (Å²) in [6, 6.07) is 7.47. The lowest BCUT2D eigenvalue weighted by Gasteiger charge is -2.23. The molecule has 5 nitrogen and oxygen atoms in total. The predicted molar refractivity (Wildman–Crippen MR) is 69.5 cm³/mol. The zero-order valence-electron chi connectivity index (χ0n) is 9.81. The van der Waals surface area contributed by atoms with E-state index in [1.54, 1.807) is 6.92 Å². The van der Waals surface area contributed by atoms with Gasteiger partial charge in [-0.3, -0.25) is 4.31 Å². The molecule has 0 aromatic heterocycles. The fourth-order valence-electron chi connectivity index (χ4n) is 1.92. The lowest BCUT2D eigenvalue weighted by atomic mass is 10.2. The summed E-state index contributed by atoms with van der Waals surface area (Å²) in [7, 11) is -3.43. The van der Waals surface area contributed by atoms with Gasteiger partial charge in [-0.25, -0.2) is 0 Å². The highest BCUT2D eigenvalue weighted by atomic mass is 32.2. The number of hydrogen-bond donors (Lipinski definition) is 2. The van der Waals surface area contributed by atoms with Crippen LogP contribution in [0.15, 0.2) is 24.3 Å². The molecule has 2 rings (SSSR count). The van der Waals surface area contributed by atoms with Crippen molar-refractivity contribution in [1.29, 1.82) is 0 Å². The Bertz CT molecular complexity index is 487. The molecule has 0 atom stereocenters. The molecule has 0 amide bonds. The van der Waals surface area contributed by atoms with Gasteiger partial charge in [-0.15, -0.1) is 0 Å². The van der Waals surface area contributed by atoms with Crippen LogP contribution in [0.4, 0.5) is 11.4 Å². The van der Waals surface area contributed by atoms with Crippen LogP contribution in [0.5, 0.6) is 0 Å². The van der Waals surface area contributed by atoms with Crippen LogP contribution in [0.2, 0.25) is 0 Å². The van der Waals surface area contributed by atoms with Crippen molar-refractivity contribution in [3.63, 3.8) is 0 Å². The molecular formula is C11H17N3O2S. The zero-order chi connectivity index (χ0) is 12.3. The standard InChI is InChI=1S/C11H17N3O2S/c1-2-13-17(15,16)14-9-5-8-12-10-6-3-4-7-11(10)14/h3-4,6-7,12-13H,2,5,8-9H2,1H3. The number of anilines is 2. The molecule has 1 aromatic carbocycles. The SMILES string of the molecule is CCNS(=O)(=O)N1CCCNc2ccccc21. The molecule has 1 aromatic rings. The smallest absolute Gasteiger partial charge is 0.301 e. The Morgan fingerprint density at radius 2 is 2.18 bits per heavy atom. The van der Waals surface area contributed by atoms with Crippen molar-refractivity contribution in [3.8, 4) is 0 Å². The molecule has 0 unspecified atom stereocenters. The van der Waals surface area contributed by atoms with Crippen molar-refractivity contribution in [2.24, 2.45) is 0 Å². The van der Waals surface area contributed by atoms with Gasteiger partial charge in [-0.05, 0) is 18.6 Å². The Morgan fingerprint density at radius 1 is 1.41 bits per heavy atom. The van der Waals surface area contributed by atoms with Crippen molar-refractivity contribution in [3.05, 3.63) is 24.3 Å². The predicted octanol–water partition coefficient (Wildman–Crippen LogP) is 1.16. The minimum absolute atomic E-state index is 0.397. The second kappa shape index (κ2) is 4.93. The van der Waals surface area contributed by atoms with Gasteiger partial charge in [0, 0.05) is 19.6 Å². The molecular weight excluding hydrogens is 238 g/mol. The third-order valence-electron chi connectivity index (χ3n) is 2.64. The van der Waals surface area contributed by atoms with Crippen LogP contribution in [0.25, 0.3) is 0 Å². The van der Waals surface area contributed by atoms with Crippen LogP contribution in [0, 0.1) is 0 Å². The summed E-state index contributed by atoms with van der Waals surface area (Å²) < 4.78 is 28.1. The summed E-state index contributed by atoms with van der Waals surface area (Å²) in [6.45, 7) is 3.46. The highest BCUT2D eigenvalue weighted by Crippen LogP contribution is 2.29. The maximum absolute atomic E-state index is 12.1. The molecule has 0 fully saturated rings. The van der Waals surface area contributed by atoms with E-state index < -0.39 is 10.2 Å². The van der Waals surface area contributed by atoms with Crippen LogP contribution < -0.4 is 14.3 Å². The third kappa shape index (κ3) is 2.53. The molecule has 2 N–H and O–H groups in total. The second-order valence-corrected chi connectivity index (χ2v) is 5.55. The van der Waals surface area contributed by atoms with Gasteiger partial charge in [0.2, 0.25) is 0 Å². The van der Waals surface area contributed by atoms with Crippen LogP contribution >= 0.6 is 0 Å². The first-order valence-corrected chi connectivity index (χ1v) is 7.19. The van der Waals surface area contributed by atoms with E-state index in [9.17, 15) is 8.42 Å². The molecule has 17 heavy (non-hydrogen) atoms. The monoisotopic (exact) mass is 255 g/mol. The Kier molecular flexibility index (Phi) is 3.54. The Balaban J connectivity index is 2.41. The number of fused-ring (bicyclic) bond motifs is 1. The number of benzene rings is 1. The second-order valence-electron chi connectivity index (χ2n) is 3.87. The van der Waals surface area contributed by atoms with Gasteiger partial charge >= 0.3 is 10.2 Å². The van der Waals surface area contributed by atoms with Crippen molar-refractivity contribution in [2.45, 2.75) is 13.3 Å². The molecule has 0 saturated heterocycles. The summed E-state index contributed by atoms with van der Waals surface area (Å²) >= 11 is 0. The molecule has 0 spiro atoms. The number of para-hydroxylation sites is 2. The lowest BCUT2D eigenvalue weighted by Crippen LogP contribution is -2.41. The molecule has 1 aliphatic heterocycles. The van der Waals surface area contributed by atoms with Crippen molar-refractivity contribution >= 4 is 21.6 Å². The number of rotatable bonds is 3. The Morgan fingerprint density at radius 3 is 2.94 bits per heavy atom. The topological polar surface area (TPSA) is 61.4 Å². The Labute approximate surface area is 102 Å². The first kappa shape index (κ1) is 12.2. The van der Waals surface area contributed by atoms with E-state index in [0.717, 1.165) is 18.7 Å². The van der Waals surface area contributed by atoms with Gasteiger partial charge in [0.05, 0.1) is 11.4 Å². The van der Waals surface area contributed by atoms with Crippen LogP contribution in [-0.4, -0.2) is 28.1 Å². The van der Waals surface area contributed by atoms with Crippen LogP contribution in [0.1, 0.15) is 13.3 Å². The van der Waals surface area contributed by atoms with Crippen LogP contribution in [-0.2, 0) is 10.2 Å². The minimum Gasteiger partial charge on any atom is -0.383 e. The molecule has 1 aliphatic rings. The summed E-state index contributed by atoms with van der Waals surface area (Å²) in [5.74, 6) is 0. The molecule has 0 bridgehead atoms. The average molecular weight is 255 g/mol. The van der Waals surface area contributed by atoms with Crippen molar-refractivity contribution in [1.82, 2.24) is 4.72 Å². The van der Waals surface area contributed by atoms with E-state index in [4.69, 9.17) is 0 Å². The summed E-state index contributed by atoms with van der Waals surface area (Å²) in [5, 5.41) is 3.24. The molecule has 0 saturated carbocycles. The molecule has 94 valence electrons. The first-order valence-electron chi connectivity index (χ1n) is 5.75. The molecule has 0 aliphatic carbocycles. The summed E-state index contributed by atoms with van der Waals surface area (Å²) in [4.78, 5) is 0. The maximum Gasteiger partial charge on any atom is 0.301 e. The van der Waals surface area contributed by atoms with Gasteiger partial charge < -0.3 is 5.32 Å². The molecule has 6 heteroatoms. The first-order chi connectivity index (χ1) is 8.15. The quantitative estimate of drug-likeness (QED) is 0.852. The maximum atomic E-state index is 12.1. The normalized spacial score (nSPS) is 15.9. The largest absolute Gasteiger partial charge is 0.383 e. The molecule has 1 heterocycles. The van der Waals surface area contributed by atoms with E-state index in [2.05, 4.69) is 10.0 Å². The fourth-order valence-corrected chi connectivity index (χ4v) is 3.23. The van der Waals surface area contributed by atoms with Gasteiger partial charge in [0.15, 0.2) is 0 Å².